The Kier molecular flexibility index (Phi) is 6.29. The van der Waals surface area contributed by atoms with Crippen molar-refractivity contribution in [3.05, 3.63) is 47.5 Å². The Morgan fingerprint density at radius 3 is 2.63 bits per heavy atom. The molecule has 0 radical (unpaired) electrons. The predicted molar refractivity (Wildman–Crippen MR) is 140 cm³/mol. The van der Waals surface area contributed by atoms with Crippen LogP contribution in [0.25, 0.3) is 11.1 Å². The monoisotopic (exact) mass is 522 g/mol. The van der Waals surface area contributed by atoms with Crippen molar-refractivity contribution in [1.29, 1.82) is 0 Å². The molecule has 2 aromatic rings. The highest BCUT2D eigenvalue weighted by Gasteiger charge is 2.51. The van der Waals surface area contributed by atoms with E-state index in [1.165, 1.54) is 17.2 Å². The van der Waals surface area contributed by atoms with E-state index in [4.69, 9.17) is 9.57 Å². The van der Waals surface area contributed by atoms with Crippen LogP contribution in [0.2, 0.25) is 0 Å². The Hall–Kier alpha value is -3.20. The number of aromatic nitrogens is 1. The second-order valence-electron chi connectivity index (χ2n) is 11.6. The van der Waals surface area contributed by atoms with E-state index in [9.17, 15) is 14.3 Å². The van der Waals surface area contributed by atoms with Crippen molar-refractivity contribution in [2.24, 2.45) is 10.6 Å². The summed E-state index contributed by atoms with van der Waals surface area (Å²) in [6.07, 6.45) is 5.91. The second kappa shape index (κ2) is 9.52. The smallest absolute Gasteiger partial charge is 0.309 e. The molecule has 4 heterocycles. The van der Waals surface area contributed by atoms with Gasteiger partial charge in [0.05, 0.1) is 18.4 Å². The predicted octanol–water partition coefficient (Wildman–Crippen LogP) is 4.64. The average molecular weight is 523 g/mol. The molecule has 202 valence electrons. The van der Waals surface area contributed by atoms with Crippen LogP contribution in [0, 0.1) is 11.4 Å². The third kappa shape index (κ3) is 4.72. The molecule has 4 aliphatic rings. The average Bonchev–Trinajstić information content (AvgIpc) is 3.63. The number of amidine groups is 1. The molecule has 0 bridgehead atoms. The molecule has 1 aromatic carbocycles. The minimum atomic E-state index is -0.715. The number of carboxylic acid groups (broad SMARTS) is 1. The Bertz CT molecular complexity index is 1250. The van der Waals surface area contributed by atoms with Crippen molar-refractivity contribution < 1.29 is 23.9 Å². The molecule has 3 fully saturated rings. The van der Waals surface area contributed by atoms with E-state index in [0.29, 0.717) is 38.5 Å². The van der Waals surface area contributed by atoms with E-state index < -0.39 is 17.3 Å². The molecule has 8 nitrogen and oxygen atoms in total. The molecule has 0 amide bonds. The van der Waals surface area contributed by atoms with Gasteiger partial charge in [-0.3, -0.25) is 9.69 Å². The lowest BCUT2D eigenvalue weighted by Crippen LogP contribution is -2.61. The first kappa shape index (κ1) is 25.1. The zero-order chi connectivity index (χ0) is 26.5. The first-order valence-electron chi connectivity index (χ1n) is 13.6. The number of hydrogen-bond acceptors (Lipinski definition) is 7. The fourth-order valence-corrected chi connectivity index (χ4v) is 6.06. The van der Waals surface area contributed by atoms with E-state index in [2.05, 4.69) is 32.1 Å². The van der Waals surface area contributed by atoms with E-state index in [1.54, 1.807) is 12.3 Å². The van der Waals surface area contributed by atoms with Crippen molar-refractivity contribution in [3.63, 3.8) is 0 Å². The standard InChI is InChI=1S/C29H35FN4O4/c1-3-37-23-13-19(12-22(20-4-5-20)26(23)21-6-7-24(30)31-15-21)16-33-17-29(18-33)14-25(32-38-29)34-10-8-28(2,9-11-34)27(35)36/h6-7,12-13,15,20H,3-5,8-11,14,16-18H2,1-2H3,(H,35,36). The van der Waals surface area contributed by atoms with E-state index >= 15 is 0 Å². The third-order valence-electron chi connectivity index (χ3n) is 8.53. The molecule has 0 unspecified atom stereocenters. The Morgan fingerprint density at radius 1 is 1.24 bits per heavy atom. The molecular weight excluding hydrogens is 487 g/mol. The maximum Gasteiger partial charge on any atom is 0.309 e. The summed E-state index contributed by atoms with van der Waals surface area (Å²) in [5.74, 6) is 1.08. The lowest BCUT2D eigenvalue weighted by molar-refractivity contribution is -0.150. The van der Waals surface area contributed by atoms with Gasteiger partial charge in [0.1, 0.15) is 11.6 Å². The molecule has 1 N–H and O–H groups in total. The van der Waals surface area contributed by atoms with Crippen LogP contribution in [0.5, 0.6) is 5.75 Å². The number of oxime groups is 1. The number of nitrogens with zero attached hydrogens (tertiary/aromatic N) is 4. The van der Waals surface area contributed by atoms with Gasteiger partial charge in [-0.25, -0.2) is 4.98 Å². The maximum absolute atomic E-state index is 13.5. The summed E-state index contributed by atoms with van der Waals surface area (Å²) < 4.78 is 19.6. The SMILES string of the molecule is CCOc1cc(CN2CC3(CC(N4CCC(C)(C(=O)O)CC4)=NO3)C2)cc(C2CC2)c1-c1ccc(F)nc1. The van der Waals surface area contributed by atoms with Crippen molar-refractivity contribution in [3.8, 4) is 16.9 Å². The van der Waals surface area contributed by atoms with Gasteiger partial charge < -0.3 is 19.6 Å². The summed E-state index contributed by atoms with van der Waals surface area (Å²) >= 11 is 0. The van der Waals surface area contributed by atoms with Gasteiger partial charge >= 0.3 is 5.97 Å². The van der Waals surface area contributed by atoms with Crippen LogP contribution >= 0.6 is 0 Å². The molecule has 1 aliphatic carbocycles. The van der Waals surface area contributed by atoms with Crippen LogP contribution in [0.4, 0.5) is 4.39 Å². The molecular formula is C29H35FN4O4. The van der Waals surface area contributed by atoms with Crippen molar-refractivity contribution in [2.45, 2.75) is 64.0 Å². The van der Waals surface area contributed by atoms with Crippen LogP contribution < -0.4 is 4.74 Å². The lowest BCUT2D eigenvalue weighted by atomic mass is 9.80. The van der Waals surface area contributed by atoms with Crippen LogP contribution in [0.1, 0.15) is 63.0 Å². The minimum absolute atomic E-state index is 0.287. The van der Waals surface area contributed by atoms with E-state index in [1.807, 2.05) is 13.8 Å². The summed E-state index contributed by atoms with van der Waals surface area (Å²) in [7, 11) is 0. The Balaban J connectivity index is 1.12. The van der Waals surface area contributed by atoms with E-state index in [0.717, 1.165) is 61.6 Å². The van der Waals surface area contributed by atoms with Crippen LogP contribution in [-0.4, -0.2) is 70.1 Å². The highest BCUT2D eigenvalue weighted by molar-refractivity contribution is 5.85. The number of likely N-dealkylation sites (tertiary alicyclic amines) is 2. The van der Waals surface area contributed by atoms with Gasteiger partial charge in [-0.15, -0.1) is 0 Å². The van der Waals surface area contributed by atoms with Crippen molar-refractivity contribution >= 4 is 11.8 Å². The number of carboxylic acids is 1. The van der Waals surface area contributed by atoms with Gasteiger partial charge in [0.2, 0.25) is 5.95 Å². The number of benzene rings is 1. The lowest BCUT2D eigenvalue weighted by Gasteiger charge is -2.45. The second-order valence-corrected chi connectivity index (χ2v) is 11.6. The van der Waals surface area contributed by atoms with Gasteiger partial charge in [-0.1, -0.05) is 11.2 Å². The largest absolute Gasteiger partial charge is 0.493 e. The van der Waals surface area contributed by atoms with Gasteiger partial charge in [-0.2, -0.15) is 4.39 Å². The first-order valence-corrected chi connectivity index (χ1v) is 13.6. The van der Waals surface area contributed by atoms with Gasteiger partial charge in [0.15, 0.2) is 5.60 Å². The van der Waals surface area contributed by atoms with Crippen LogP contribution in [0.3, 0.4) is 0 Å². The fraction of sp³-hybridized carbons (Fsp3) is 0.552. The number of ether oxygens (including phenoxy) is 1. The highest BCUT2D eigenvalue weighted by Crippen LogP contribution is 2.48. The Labute approximate surface area is 222 Å². The molecule has 38 heavy (non-hydrogen) atoms. The summed E-state index contributed by atoms with van der Waals surface area (Å²) in [5, 5.41) is 13.9. The molecule has 1 saturated carbocycles. The molecule has 9 heteroatoms. The quantitative estimate of drug-likeness (QED) is 0.530. The van der Waals surface area contributed by atoms with E-state index in [-0.39, 0.29) is 5.60 Å². The number of aliphatic carboxylic acids is 1. The molecule has 1 spiro atoms. The fourth-order valence-electron chi connectivity index (χ4n) is 6.06. The first-order chi connectivity index (χ1) is 18.3. The number of piperidine rings is 1. The normalized spacial score (nSPS) is 22.1. The number of hydrogen-bond donors (Lipinski definition) is 1. The van der Waals surface area contributed by atoms with Gasteiger partial charge in [0, 0.05) is 50.0 Å². The summed E-state index contributed by atoms with van der Waals surface area (Å²) in [6.45, 7) is 8.16. The highest BCUT2D eigenvalue weighted by atomic mass is 19.1. The molecule has 0 atom stereocenters. The van der Waals surface area contributed by atoms with Crippen LogP contribution in [0.15, 0.2) is 35.6 Å². The van der Waals surface area contributed by atoms with Crippen molar-refractivity contribution in [1.82, 2.24) is 14.8 Å². The summed E-state index contributed by atoms with van der Waals surface area (Å²) in [6, 6.07) is 7.59. The molecule has 3 aliphatic heterocycles. The zero-order valence-corrected chi connectivity index (χ0v) is 22.1. The van der Waals surface area contributed by atoms with Gasteiger partial charge in [0.25, 0.3) is 0 Å². The number of carbonyl (C=O) groups is 1. The summed E-state index contributed by atoms with van der Waals surface area (Å²) in [5.41, 5.74) is 3.44. The molecule has 1 aromatic heterocycles. The van der Waals surface area contributed by atoms with Crippen molar-refractivity contribution in [2.75, 3.05) is 32.8 Å². The van der Waals surface area contributed by atoms with Crippen LogP contribution in [-0.2, 0) is 16.2 Å². The zero-order valence-electron chi connectivity index (χ0n) is 22.1. The topological polar surface area (TPSA) is 87.5 Å². The number of rotatable bonds is 7. The molecule has 6 rings (SSSR count). The summed E-state index contributed by atoms with van der Waals surface area (Å²) in [4.78, 5) is 26.0. The maximum atomic E-state index is 13.5. The van der Waals surface area contributed by atoms with Gasteiger partial charge in [-0.05, 0) is 74.8 Å². The number of halogens is 1. The minimum Gasteiger partial charge on any atom is -0.493 e. The molecule has 2 saturated heterocycles. The number of pyridine rings is 1. The third-order valence-corrected chi connectivity index (χ3v) is 8.53. The Morgan fingerprint density at radius 2 is 2.00 bits per heavy atom.